The molecule has 0 heterocycles. The highest BCUT2D eigenvalue weighted by molar-refractivity contribution is 6.36. The zero-order valence-corrected chi connectivity index (χ0v) is 22.6. The topological polar surface area (TPSA) is 49.4 Å². The second-order valence-corrected chi connectivity index (χ2v) is 9.88. The zero-order chi connectivity index (χ0) is 25.9. The summed E-state index contributed by atoms with van der Waals surface area (Å²) < 4.78 is 0. The summed E-state index contributed by atoms with van der Waals surface area (Å²) in [5.41, 5.74) is 2.46. The van der Waals surface area contributed by atoms with E-state index in [-0.39, 0.29) is 24.8 Å². The zero-order valence-electron chi connectivity index (χ0n) is 20.4. The highest BCUT2D eigenvalue weighted by Gasteiger charge is 2.31. The predicted octanol–water partition coefficient (Wildman–Crippen LogP) is 7.14. The maximum absolute atomic E-state index is 13.7. The minimum absolute atomic E-state index is 0.124. The van der Waals surface area contributed by atoms with Gasteiger partial charge in [-0.25, -0.2) is 0 Å². The standard InChI is InChI=1S/C29H31Cl3N2O2/c1-2-3-18-33-29(36)27(19-21-10-5-4-6-11-21)34(20-23-25(31)14-9-15-26(23)32)28(35)17-16-22-12-7-8-13-24(22)30/h4-15,27H,2-3,16-20H2,1H3,(H,33,36). The van der Waals surface area contributed by atoms with E-state index in [2.05, 4.69) is 12.2 Å². The Morgan fingerprint density at radius 1 is 0.861 bits per heavy atom. The Kier molecular flexibility index (Phi) is 11.1. The summed E-state index contributed by atoms with van der Waals surface area (Å²) in [6, 6.07) is 21.7. The molecule has 3 rings (SSSR count). The van der Waals surface area contributed by atoms with Gasteiger partial charge in [-0.1, -0.05) is 103 Å². The number of nitrogens with one attached hydrogen (secondary N) is 1. The Morgan fingerprint density at radius 3 is 2.17 bits per heavy atom. The molecule has 0 radical (unpaired) electrons. The van der Waals surface area contributed by atoms with Crippen LogP contribution in [-0.4, -0.2) is 29.3 Å². The van der Waals surface area contributed by atoms with E-state index in [4.69, 9.17) is 34.8 Å². The molecule has 0 aliphatic carbocycles. The fraction of sp³-hybridized carbons (Fsp3) is 0.310. The Hall–Kier alpha value is -2.53. The lowest BCUT2D eigenvalue weighted by Gasteiger charge is -2.32. The first-order valence-electron chi connectivity index (χ1n) is 12.2. The van der Waals surface area contributed by atoms with Crippen molar-refractivity contribution in [3.05, 3.63) is 105 Å². The van der Waals surface area contributed by atoms with Gasteiger partial charge >= 0.3 is 0 Å². The van der Waals surface area contributed by atoms with Crippen molar-refractivity contribution < 1.29 is 9.59 Å². The monoisotopic (exact) mass is 544 g/mol. The van der Waals surface area contributed by atoms with Crippen molar-refractivity contribution >= 4 is 46.6 Å². The number of nitrogens with zero attached hydrogens (tertiary/aromatic N) is 1. The maximum Gasteiger partial charge on any atom is 0.243 e. The van der Waals surface area contributed by atoms with Crippen LogP contribution in [0.1, 0.15) is 42.9 Å². The normalized spacial score (nSPS) is 11.7. The highest BCUT2D eigenvalue weighted by Crippen LogP contribution is 2.28. The molecule has 0 fully saturated rings. The number of hydrogen-bond donors (Lipinski definition) is 1. The molecule has 1 atom stereocenters. The second-order valence-electron chi connectivity index (χ2n) is 8.66. The molecule has 0 saturated carbocycles. The van der Waals surface area contributed by atoms with Crippen molar-refractivity contribution in [2.24, 2.45) is 0 Å². The molecule has 3 aromatic rings. The van der Waals surface area contributed by atoms with Crippen molar-refractivity contribution in [1.29, 1.82) is 0 Å². The summed E-state index contributed by atoms with van der Waals surface area (Å²) in [4.78, 5) is 28.8. The summed E-state index contributed by atoms with van der Waals surface area (Å²) in [7, 11) is 0. The van der Waals surface area contributed by atoms with Crippen LogP contribution in [0.15, 0.2) is 72.8 Å². The van der Waals surface area contributed by atoms with Gasteiger partial charge in [0.25, 0.3) is 0 Å². The van der Waals surface area contributed by atoms with Gasteiger partial charge in [-0.05, 0) is 42.2 Å². The third kappa shape index (κ3) is 7.99. The first kappa shape index (κ1) is 28.0. The van der Waals surface area contributed by atoms with Crippen LogP contribution in [0.4, 0.5) is 0 Å². The minimum Gasteiger partial charge on any atom is -0.354 e. The van der Waals surface area contributed by atoms with E-state index in [9.17, 15) is 9.59 Å². The van der Waals surface area contributed by atoms with Crippen LogP contribution in [0.5, 0.6) is 0 Å². The molecule has 3 aromatic carbocycles. The van der Waals surface area contributed by atoms with Gasteiger partial charge in [0, 0.05) is 46.6 Å². The average Bonchev–Trinajstić information content (AvgIpc) is 2.87. The van der Waals surface area contributed by atoms with Gasteiger partial charge < -0.3 is 10.2 Å². The summed E-state index contributed by atoms with van der Waals surface area (Å²) in [5.74, 6) is -0.362. The maximum atomic E-state index is 13.7. The van der Waals surface area contributed by atoms with Gasteiger partial charge in [0.2, 0.25) is 11.8 Å². The fourth-order valence-electron chi connectivity index (χ4n) is 4.00. The summed E-state index contributed by atoms with van der Waals surface area (Å²) in [5, 5.41) is 4.54. The van der Waals surface area contributed by atoms with Gasteiger partial charge in [0.15, 0.2) is 0 Å². The van der Waals surface area contributed by atoms with Crippen molar-refractivity contribution in [2.45, 2.75) is 51.6 Å². The highest BCUT2D eigenvalue weighted by atomic mass is 35.5. The molecule has 0 spiro atoms. The van der Waals surface area contributed by atoms with Crippen LogP contribution in [0.25, 0.3) is 0 Å². The van der Waals surface area contributed by atoms with Crippen molar-refractivity contribution in [3.63, 3.8) is 0 Å². The summed E-state index contributed by atoms with van der Waals surface area (Å²) in [6.07, 6.45) is 2.85. The molecule has 0 aliphatic rings. The summed E-state index contributed by atoms with van der Waals surface area (Å²) >= 11 is 19.3. The van der Waals surface area contributed by atoms with Gasteiger partial charge in [0.05, 0.1) is 0 Å². The number of aryl methyl sites for hydroxylation is 1. The van der Waals surface area contributed by atoms with Crippen LogP contribution in [-0.2, 0) is 29.0 Å². The van der Waals surface area contributed by atoms with E-state index >= 15 is 0 Å². The number of carbonyl (C=O) groups excluding carboxylic acids is 2. The molecule has 7 heteroatoms. The molecule has 2 amide bonds. The van der Waals surface area contributed by atoms with Gasteiger partial charge in [-0.15, -0.1) is 0 Å². The molecule has 4 nitrogen and oxygen atoms in total. The molecule has 0 aromatic heterocycles. The van der Waals surface area contributed by atoms with Crippen molar-refractivity contribution in [2.75, 3.05) is 6.54 Å². The minimum atomic E-state index is -0.727. The number of hydrogen-bond acceptors (Lipinski definition) is 2. The molecule has 1 N–H and O–H groups in total. The van der Waals surface area contributed by atoms with Gasteiger partial charge in [-0.3, -0.25) is 9.59 Å². The van der Waals surface area contributed by atoms with E-state index in [1.165, 1.54) is 0 Å². The van der Waals surface area contributed by atoms with E-state index in [0.29, 0.717) is 40.0 Å². The van der Waals surface area contributed by atoms with Crippen LogP contribution < -0.4 is 5.32 Å². The van der Waals surface area contributed by atoms with Gasteiger partial charge in [-0.2, -0.15) is 0 Å². The number of rotatable bonds is 12. The SMILES string of the molecule is CCCCNC(=O)C(Cc1ccccc1)N(Cc1c(Cl)cccc1Cl)C(=O)CCc1ccccc1Cl. The quantitative estimate of drug-likeness (QED) is 0.246. The van der Waals surface area contributed by atoms with E-state index in [0.717, 1.165) is 24.0 Å². The van der Waals surface area contributed by atoms with E-state index in [1.54, 1.807) is 23.1 Å². The third-order valence-corrected chi connectivity index (χ3v) is 7.13. The number of carbonyl (C=O) groups is 2. The molecular weight excluding hydrogens is 515 g/mol. The van der Waals surface area contributed by atoms with Gasteiger partial charge in [0.1, 0.15) is 6.04 Å². The fourth-order valence-corrected chi connectivity index (χ4v) is 4.75. The van der Waals surface area contributed by atoms with Crippen LogP contribution in [0.3, 0.4) is 0 Å². The second kappa shape index (κ2) is 14.3. The molecule has 0 aliphatic heterocycles. The lowest BCUT2D eigenvalue weighted by Crippen LogP contribution is -2.50. The lowest BCUT2D eigenvalue weighted by molar-refractivity contribution is -0.141. The smallest absolute Gasteiger partial charge is 0.243 e. The summed E-state index contributed by atoms with van der Waals surface area (Å²) in [6.45, 7) is 2.74. The molecule has 1 unspecified atom stereocenters. The number of halogens is 3. The van der Waals surface area contributed by atoms with Crippen molar-refractivity contribution in [3.8, 4) is 0 Å². The first-order valence-corrected chi connectivity index (χ1v) is 13.3. The molecular formula is C29H31Cl3N2O2. The third-order valence-electron chi connectivity index (χ3n) is 6.06. The average molecular weight is 546 g/mol. The largest absolute Gasteiger partial charge is 0.354 e. The van der Waals surface area contributed by atoms with Crippen molar-refractivity contribution in [1.82, 2.24) is 10.2 Å². The Morgan fingerprint density at radius 2 is 1.50 bits per heavy atom. The first-order chi connectivity index (χ1) is 17.4. The molecule has 190 valence electrons. The molecule has 36 heavy (non-hydrogen) atoms. The Balaban J connectivity index is 1.94. The van der Waals surface area contributed by atoms with Crippen LogP contribution in [0, 0.1) is 0 Å². The van der Waals surface area contributed by atoms with E-state index < -0.39 is 6.04 Å². The number of amides is 2. The Bertz CT molecular complexity index is 1130. The Labute approximate surface area is 228 Å². The van der Waals surface area contributed by atoms with Crippen LogP contribution >= 0.6 is 34.8 Å². The lowest BCUT2D eigenvalue weighted by atomic mass is 10.0. The molecule has 0 saturated heterocycles. The van der Waals surface area contributed by atoms with Crippen LogP contribution in [0.2, 0.25) is 15.1 Å². The molecule has 0 bridgehead atoms. The van der Waals surface area contributed by atoms with E-state index in [1.807, 2.05) is 54.6 Å². The number of benzene rings is 3. The predicted molar refractivity (Wildman–Crippen MR) is 149 cm³/mol. The number of unbranched alkanes of at least 4 members (excludes halogenated alkanes) is 1.